The highest BCUT2D eigenvalue weighted by Gasteiger charge is 2.26. The van der Waals surface area contributed by atoms with Crippen molar-refractivity contribution in [1.82, 2.24) is 4.98 Å². The number of carbonyl (C=O) groups excluding carboxylic acids is 1. The van der Waals surface area contributed by atoms with Gasteiger partial charge in [-0.2, -0.15) is 0 Å². The summed E-state index contributed by atoms with van der Waals surface area (Å²) >= 11 is 0. The van der Waals surface area contributed by atoms with Crippen molar-refractivity contribution in [3.63, 3.8) is 0 Å². The minimum absolute atomic E-state index is 0.0464. The molecule has 80 valence electrons. The lowest BCUT2D eigenvalue weighted by Gasteiger charge is -2.22. The van der Waals surface area contributed by atoms with Crippen molar-refractivity contribution in [3.05, 3.63) is 29.6 Å². The molecular weight excluding hydrogens is 190 g/mol. The molecular formula is C12H15NO2. The summed E-state index contributed by atoms with van der Waals surface area (Å²) in [6.07, 6.45) is 4.78. The van der Waals surface area contributed by atoms with E-state index in [0.29, 0.717) is 0 Å². The van der Waals surface area contributed by atoms with Crippen LogP contribution in [-0.2, 0) is 16.0 Å². The Bertz CT molecular complexity index is 362. The molecule has 3 nitrogen and oxygen atoms in total. The number of carbonyl (C=O) groups is 1. The van der Waals surface area contributed by atoms with Gasteiger partial charge in [-0.1, -0.05) is 6.07 Å². The van der Waals surface area contributed by atoms with E-state index in [4.69, 9.17) is 4.74 Å². The van der Waals surface area contributed by atoms with Crippen LogP contribution < -0.4 is 0 Å². The Morgan fingerprint density at radius 3 is 3.33 bits per heavy atom. The van der Waals surface area contributed by atoms with Crippen molar-refractivity contribution in [2.75, 3.05) is 13.7 Å². The number of nitrogens with zero attached hydrogens (tertiary/aromatic N) is 1. The van der Waals surface area contributed by atoms with Crippen LogP contribution in [0.4, 0.5) is 0 Å². The predicted molar refractivity (Wildman–Crippen MR) is 56.8 cm³/mol. The molecule has 0 aromatic carbocycles. The number of hydrogen-bond acceptors (Lipinski definition) is 3. The van der Waals surface area contributed by atoms with Crippen molar-refractivity contribution in [2.45, 2.75) is 25.2 Å². The Morgan fingerprint density at radius 1 is 1.67 bits per heavy atom. The summed E-state index contributed by atoms with van der Waals surface area (Å²) in [4.78, 5) is 16.1. The first-order valence-corrected chi connectivity index (χ1v) is 5.28. The second-order valence-corrected chi connectivity index (χ2v) is 3.89. The molecule has 0 aliphatic heterocycles. The summed E-state index contributed by atoms with van der Waals surface area (Å²) in [6.45, 7) is 0.195. The summed E-state index contributed by atoms with van der Waals surface area (Å²) < 4.78 is 4.89. The molecule has 0 N–H and O–H groups in total. The number of Topliss-reactive ketones (excluding diaryl/α,β-unsaturated/α-hetero) is 1. The van der Waals surface area contributed by atoms with Crippen molar-refractivity contribution in [3.8, 4) is 0 Å². The Labute approximate surface area is 89.5 Å². The van der Waals surface area contributed by atoms with Gasteiger partial charge in [0.15, 0.2) is 5.78 Å². The molecule has 15 heavy (non-hydrogen) atoms. The van der Waals surface area contributed by atoms with Crippen LogP contribution in [0.2, 0.25) is 0 Å². The van der Waals surface area contributed by atoms with Gasteiger partial charge in [-0.05, 0) is 30.9 Å². The average molecular weight is 205 g/mol. The van der Waals surface area contributed by atoms with E-state index in [1.165, 1.54) is 5.56 Å². The molecule has 0 radical (unpaired) electrons. The average Bonchev–Trinajstić information content (AvgIpc) is 2.28. The molecule has 1 aromatic rings. The number of aromatic nitrogens is 1. The molecule has 1 aromatic heterocycles. The van der Waals surface area contributed by atoms with Gasteiger partial charge in [0, 0.05) is 13.3 Å². The molecule has 0 bridgehead atoms. The molecule has 0 saturated heterocycles. The topological polar surface area (TPSA) is 39.2 Å². The molecule has 0 fully saturated rings. The first-order valence-electron chi connectivity index (χ1n) is 5.28. The zero-order valence-electron chi connectivity index (χ0n) is 8.90. The van der Waals surface area contributed by atoms with E-state index >= 15 is 0 Å². The fourth-order valence-electron chi connectivity index (χ4n) is 2.17. The second-order valence-electron chi connectivity index (χ2n) is 3.89. The van der Waals surface area contributed by atoms with E-state index in [9.17, 15) is 4.79 Å². The minimum Gasteiger partial charge on any atom is -0.377 e. The number of aryl methyl sites for hydroxylation is 1. The lowest BCUT2D eigenvalue weighted by atomic mass is 9.84. The summed E-state index contributed by atoms with van der Waals surface area (Å²) in [6, 6.07) is 4.00. The quantitative estimate of drug-likeness (QED) is 0.754. The molecule has 0 amide bonds. The number of hydrogen-bond donors (Lipinski definition) is 0. The third-order valence-electron chi connectivity index (χ3n) is 2.87. The van der Waals surface area contributed by atoms with Gasteiger partial charge in [0.05, 0.1) is 11.6 Å². The van der Waals surface area contributed by atoms with Crippen LogP contribution in [0.3, 0.4) is 0 Å². The van der Waals surface area contributed by atoms with Gasteiger partial charge in [0.25, 0.3) is 0 Å². The summed E-state index contributed by atoms with van der Waals surface area (Å²) in [5, 5.41) is 0. The molecule has 1 heterocycles. The van der Waals surface area contributed by atoms with E-state index in [1.807, 2.05) is 6.07 Å². The SMILES string of the molecule is COCC(=O)C1CCCc2cccnc21. The maximum atomic E-state index is 11.8. The fraction of sp³-hybridized carbons (Fsp3) is 0.500. The summed E-state index contributed by atoms with van der Waals surface area (Å²) in [5.41, 5.74) is 2.18. The highest BCUT2D eigenvalue weighted by Crippen LogP contribution is 2.30. The van der Waals surface area contributed by atoms with Gasteiger partial charge < -0.3 is 4.74 Å². The van der Waals surface area contributed by atoms with Crippen LogP contribution in [0, 0.1) is 0 Å². The monoisotopic (exact) mass is 205 g/mol. The van der Waals surface area contributed by atoms with Gasteiger partial charge in [-0.25, -0.2) is 0 Å². The number of rotatable bonds is 3. The maximum absolute atomic E-state index is 11.8. The van der Waals surface area contributed by atoms with Gasteiger partial charge in [0.2, 0.25) is 0 Å². The largest absolute Gasteiger partial charge is 0.377 e. The zero-order valence-corrected chi connectivity index (χ0v) is 8.90. The molecule has 1 unspecified atom stereocenters. The maximum Gasteiger partial charge on any atom is 0.167 e. The Morgan fingerprint density at radius 2 is 2.53 bits per heavy atom. The van der Waals surface area contributed by atoms with E-state index in [0.717, 1.165) is 25.0 Å². The Hall–Kier alpha value is -1.22. The van der Waals surface area contributed by atoms with Crippen LogP contribution in [0.5, 0.6) is 0 Å². The second kappa shape index (κ2) is 4.53. The number of methoxy groups -OCH3 is 1. The first kappa shape index (κ1) is 10.3. The van der Waals surface area contributed by atoms with E-state index in [-0.39, 0.29) is 18.3 Å². The Balaban J connectivity index is 2.25. The molecule has 1 aliphatic rings. The van der Waals surface area contributed by atoms with E-state index in [1.54, 1.807) is 13.3 Å². The lowest BCUT2D eigenvalue weighted by Crippen LogP contribution is -2.23. The number of ketones is 1. The number of fused-ring (bicyclic) bond motifs is 1. The van der Waals surface area contributed by atoms with Crippen molar-refractivity contribution >= 4 is 5.78 Å². The molecule has 1 atom stereocenters. The predicted octanol–water partition coefficient (Wildman–Crippen LogP) is 1.72. The molecule has 1 aliphatic carbocycles. The van der Waals surface area contributed by atoms with Crippen molar-refractivity contribution < 1.29 is 9.53 Å². The molecule has 0 saturated carbocycles. The molecule has 2 rings (SSSR count). The van der Waals surface area contributed by atoms with Crippen molar-refractivity contribution in [1.29, 1.82) is 0 Å². The summed E-state index contributed by atoms with van der Waals surface area (Å²) in [7, 11) is 1.56. The highest BCUT2D eigenvalue weighted by molar-refractivity contribution is 5.86. The third kappa shape index (κ3) is 2.07. The number of pyridine rings is 1. The summed E-state index contributed by atoms with van der Waals surface area (Å²) in [5.74, 6) is 0.104. The zero-order chi connectivity index (χ0) is 10.7. The van der Waals surface area contributed by atoms with E-state index in [2.05, 4.69) is 11.1 Å². The van der Waals surface area contributed by atoms with Crippen LogP contribution >= 0.6 is 0 Å². The molecule has 3 heteroatoms. The van der Waals surface area contributed by atoms with Gasteiger partial charge in [-0.15, -0.1) is 0 Å². The highest BCUT2D eigenvalue weighted by atomic mass is 16.5. The smallest absolute Gasteiger partial charge is 0.167 e. The normalized spacial score (nSPS) is 19.7. The first-order chi connectivity index (χ1) is 7.33. The van der Waals surface area contributed by atoms with Crippen LogP contribution in [0.15, 0.2) is 18.3 Å². The van der Waals surface area contributed by atoms with Gasteiger partial charge in [0.1, 0.15) is 6.61 Å². The standard InChI is InChI=1S/C12H15NO2/c1-15-8-11(14)10-6-2-4-9-5-3-7-13-12(9)10/h3,5,7,10H,2,4,6,8H2,1H3. The third-order valence-corrected chi connectivity index (χ3v) is 2.87. The van der Waals surface area contributed by atoms with Crippen LogP contribution in [0.25, 0.3) is 0 Å². The van der Waals surface area contributed by atoms with Crippen LogP contribution in [-0.4, -0.2) is 24.5 Å². The van der Waals surface area contributed by atoms with Gasteiger partial charge >= 0.3 is 0 Å². The van der Waals surface area contributed by atoms with Crippen molar-refractivity contribution in [2.24, 2.45) is 0 Å². The fourth-order valence-corrected chi connectivity index (χ4v) is 2.17. The Kier molecular flexibility index (Phi) is 3.11. The number of ether oxygens (including phenoxy) is 1. The molecule has 0 spiro atoms. The van der Waals surface area contributed by atoms with Gasteiger partial charge in [-0.3, -0.25) is 9.78 Å². The van der Waals surface area contributed by atoms with E-state index < -0.39 is 0 Å². The minimum atomic E-state index is -0.0464. The van der Waals surface area contributed by atoms with Crippen LogP contribution in [0.1, 0.15) is 30.0 Å². The lowest BCUT2D eigenvalue weighted by molar-refractivity contribution is -0.124.